The van der Waals surface area contributed by atoms with E-state index < -0.39 is 77.6 Å². The fourth-order valence-electron chi connectivity index (χ4n) is 9.36. The van der Waals surface area contributed by atoms with Gasteiger partial charge in [0.15, 0.2) is 24.4 Å². The Balaban J connectivity index is 1.61. The lowest BCUT2D eigenvalue weighted by atomic mass is 9.67. The molecule has 1 aliphatic rings. The summed E-state index contributed by atoms with van der Waals surface area (Å²) in [5.41, 5.74) is 4.23. The van der Waals surface area contributed by atoms with Crippen molar-refractivity contribution in [3.63, 3.8) is 0 Å². The van der Waals surface area contributed by atoms with Crippen molar-refractivity contribution in [1.29, 1.82) is 0 Å². The molecule has 0 aromatic heterocycles. The van der Waals surface area contributed by atoms with E-state index in [1.807, 2.05) is 60.7 Å². The lowest BCUT2D eigenvalue weighted by molar-refractivity contribution is -0.157. The van der Waals surface area contributed by atoms with E-state index in [0.29, 0.717) is 34.1 Å². The molecule has 0 N–H and O–H groups in total. The van der Waals surface area contributed by atoms with Gasteiger partial charge in [-0.3, -0.25) is 0 Å². The number of rotatable bonds is 46. The van der Waals surface area contributed by atoms with E-state index in [1.54, 1.807) is 24.3 Å². The molecule has 0 saturated carbocycles. The third-order valence-corrected chi connectivity index (χ3v) is 14.3. The van der Waals surface area contributed by atoms with Gasteiger partial charge >= 0.3 is 47.8 Å². The molecule has 24 heteroatoms. The van der Waals surface area contributed by atoms with E-state index in [1.165, 1.54) is 55.4 Å². The minimum absolute atomic E-state index is 0.0308. The molecule has 5 rings (SSSR count). The molecule has 542 valence electrons. The highest BCUT2D eigenvalue weighted by Gasteiger charge is 2.49. The molecule has 101 heavy (non-hydrogen) atoms. The Hall–Kier alpha value is -10.4. The van der Waals surface area contributed by atoms with E-state index in [-0.39, 0.29) is 150 Å². The van der Waals surface area contributed by atoms with Gasteiger partial charge in [0.05, 0.1) is 58.3 Å². The van der Waals surface area contributed by atoms with Gasteiger partial charge in [0.1, 0.15) is 75.9 Å². The van der Waals surface area contributed by atoms with E-state index >= 15 is 0 Å². The number of carbonyl (C=O) groups excluding carboxylic acids is 8. The standard InChI is InChI=1S/C77H90O24/c1-47(2)69(78)94-43-57(98-73(82)51(9)10)39-86-29-33-90-55-25-27-65(67(37-55)92-35-31-88-41-59(100-75(84)53(13)14)45-96-71(80)49(5)6)77(63-23-19-17-21-61(63)62-22-18-20-24-64(62)77)66-28-26-56(91-34-30-87-40-58(99-74(83)52(11)12)44-95-70(79)48(3)4)38-68(66)93-36-32-89-42-60(101-76(85)54(15)16)46-97-72(81)50(7)8/h17-28,37-38,57-60H,1,3,5,7,9,11,13,15,29-36,39-46H2,2,4,6,8,10,12,14,16H3. The molecule has 4 aromatic carbocycles. The number of esters is 8. The molecule has 0 fully saturated rings. The van der Waals surface area contributed by atoms with Crippen molar-refractivity contribution in [2.75, 3.05) is 106 Å². The van der Waals surface area contributed by atoms with E-state index in [2.05, 4.69) is 52.6 Å². The highest BCUT2D eigenvalue weighted by Crippen LogP contribution is 2.60. The van der Waals surface area contributed by atoms with Crippen LogP contribution in [-0.4, -0.2) is 178 Å². The smallest absolute Gasteiger partial charge is 0.333 e. The molecule has 4 unspecified atom stereocenters. The Kier molecular flexibility index (Phi) is 32.7. The van der Waals surface area contributed by atoms with Crippen LogP contribution in [0.3, 0.4) is 0 Å². The van der Waals surface area contributed by atoms with Crippen molar-refractivity contribution >= 4 is 47.8 Å². The van der Waals surface area contributed by atoms with E-state index in [9.17, 15) is 38.4 Å². The van der Waals surface area contributed by atoms with Crippen molar-refractivity contribution in [1.82, 2.24) is 0 Å². The fraction of sp³-hybridized carbons (Fsp3) is 0.377. The second kappa shape index (κ2) is 40.6. The Morgan fingerprint density at radius 3 is 0.802 bits per heavy atom. The van der Waals surface area contributed by atoms with Crippen LogP contribution >= 0.6 is 0 Å². The summed E-state index contributed by atoms with van der Waals surface area (Å²) < 4.78 is 93.6. The largest absolute Gasteiger partial charge is 0.491 e. The van der Waals surface area contributed by atoms with Crippen LogP contribution in [0.15, 0.2) is 182 Å². The maximum Gasteiger partial charge on any atom is 0.333 e. The maximum absolute atomic E-state index is 12.7. The molecule has 0 saturated heterocycles. The van der Waals surface area contributed by atoms with Crippen molar-refractivity contribution < 1.29 is 114 Å². The number of hydrogen-bond donors (Lipinski definition) is 0. The second-order valence-electron chi connectivity index (χ2n) is 23.6. The monoisotopic (exact) mass is 1400 g/mol. The summed E-state index contributed by atoms with van der Waals surface area (Å²) in [6.45, 7) is 38.2. The predicted molar refractivity (Wildman–Crippen MR) is 371 cm³/mol. The summed E-state index contributed by atoms with van der Waals surface area (Å²) in [6, 6.07) is 26.3. The zero-order valence-electron chi connectivity index (χ0n) is 58.7. The van der Waals surface area contributed by atoms with Gasteiger partial charge in [-0.25, -0.2) is 38.4 Å². The van der Waals surface area contributed by atoms with Crippen molar-refractivity contribution in [2.24, 2.45) is 0 Å². The predicted octanol–water partition coefficient (Wildman–Crippen LogP) is 10.1. The molecule has 0 bridgehead atoms. The lowest BCUT2D eigenvalue weighted by Crippen LogP contribution is -2.32. The molecule has 0 amide bonds. The minimum atomic E-state index is -1.32. The third kappa shape index (κ3) is 25.1. The van der Waals surface area contributed by atoms with Gasteiger partial charge < -0.3 is 75.8 Å². The average molecular weight is 1400 g/mol. The highest BCUT2D eigenvalue weighted by molar-refractivity contribution is 5.91. The first-order valence-corrected chi connectivity index (χ1v) is 32.1. The Morgan fingerprint density at radius 1 is 0.297 bits per heavy atom. The molecule has 1 aliphatic carbocycles. The number of hydrogen-bond acceptors (Lipinski definition) is 24. The molecule has 24 nitrogen and oxygen atoms in total. The molecular formula is C77H90O24. The first-order chi connectivity index (χ1) is 48.0. The maximum atomic E-state index is 12.7. The van der Waals surface area contributed by atoms with E-state index in [0.717, 1.165) is 22.3 Å². The quantitative estimate of drug-likeness (QED) is 0.0151. The van der Waals surface area contributed by atoms with Crippen molar-refractivity contribution in [2.45, 2.75) is 85.2 Å². The summed E-state index contributed by atoms with van der Waals surface area (Å²) in [6.07, 6.45) is -4.09. The van der Waals surface area contributed by atoms with Crippen LogP contribution < -0.4 is 18.9 Å². The normalized spacial score (nSPS) is 12.7. The highest BCUT2D eigenvalue weighted by atomic mass is 16.6. The van der Waals surface area contributed by atoms with Gasteiger partial charge in [-0.05, 0) is 89.8 Å². The Bertz CT molecular complexity index is 3480. The zero-order chi connectivity index (χ0) is 74.3. The van der Waals surface area contributed by atoms with Crippen LogP contribution in [0, 0.1) is 0 Å². The van der Waals surface area contributed by atoms with Gasteiger partial charge in [-0.15, -0.1) is 0 Å². The van der Waals surface area contributed by atoms with Gasteiger partial charge in [0, 0.05) is 67.8 Å². The van der Waals surface area contributed by atoms with Gasteiger partial charge in [-0.1, -0.05) is 113 Å². The summed E-state index contributed by atoms with van der Waals surface area (Å²) in [4.78, 5) is 100.0. The fourth-order valence-corrected chi connectivity index (χ4v) is 9.36. The Labute approximate surface area is 589 Å². The van der Waals surface area contributed by atoms with Gasteiger partial charge in [0.25, 0.3) is 0 Å². The lowest BCUT2D eigenvalue weighted by Gasteiger charge is -2.36. The SMILES string of the molecule is C=C(C)C(=O)OCC(COCCOc1ccc(C2(c3ccc(OCCOCC(COC(=O)C(=C)C)OC(=O)C(=C)C)cc3OCCOCC(COC(=O)C(=C)C)OC(=O)C(=C)C)c3ccccc3-c3ccccc32)c(OCCOCC(COC(=O)C(=C)C)OC(=O)C(=C)C)c1)OC(=O)C(=C)C. The zero-order valence-corrected chi connectivity index (χ0v) is 58.7. The van der Waals surface area contributed by atoms with Crippen LogP contribution in [0.4, 0.5) is 0 Å². The van der Waals surface area contributed by atoms with Crippen LogP contribution in [0.2, 0.25) is 0 Å². The van der Waals surface area contributed by atoms with Crippen molar-refractivity contribution in [3.05, 3.63) is 204 Å². The van der Waals surface area contributed by atoms with E-state index in [4.69, 9.17) is 75.8 Å². The molecule has 0 radical (unpaired) electrons. The summed E-state index contributed by atoms with van der Waals surface area (Å²) >= 11 is 0. The van der Waals surface area contributed by atoms with Gasteiger partial charge in [0.2, 0.25) is 0 Å². The van der Waals surface area contributed by atoms with Crippen LogP contribution in [0.5, 0.6) is 23.0 Å². The minimum Gasteiger partial charge on any atom is -0.491 e. The molecular weight excluding hydrogens is 1310 g/mol. The summed E-state index contributed by atoms with van der Waals surface area (Å²) in [5.74, 6) is -4.39. The van der Waals surface area contributed by atoms with Crippen LogP contribution in [0.25, 0.3) is 11.1 Å². The summed E-state index contributed by atoms with van der Waals surface area (Å²) in [7, 11) is 0. The first kappa shape index (κ1) is 81.3. The topological polar surface area (TPSA) is 284 Å². The number of carbonyl (C=O) groups is 8. The number of benzene rings is 4. The third-order valence-electron chi connectivity index (χ3n) is 14.3. The molecule has 4 atom stereocenters. The average Bonchev–Trinajstić information content (AvgIpc) is 1.55. The number of ether oxygens (including phenoxy) is 16. The number of fused-ring (bicyclic) bond motifs is 3. The van der Waals surface area contributed by atoms with Crippen LogP contribution in [-0.2, 0) is 101 Å². The first-order valence-electron chi connectivity index (χ1n) is 32.1. The molecule has 0 heterocycles. The second-order valence-corrected chi connectivity index (χ2v) is 23.6. The molecule has 0 spiro atoms. The molecule has 4 aromatic rings. The van der Waals surface area contributed by atoms with Gasteiger partial charge in [-0.2, -0.15) is 0 Å². The van der Waals surface area contributed by atoms with Crippen molar-refractivity contribution in [3.8, 4) is 34.1 Å². The summed E-state index contributed by atoms with van der Waals surface area (Å²) in [5, 5.41) is 0. The Morgan fingerprint density at radius 2 is 0.545 bits per heavy atom. The van der Waals surface area contributed by atoms with Crippen LogP contribution in [0.1, 0.15) is 77.6 Å². The molecule has 0 aliphatic heterocycles.